The second-order valence-corrected chi connectivity index (χ2v) is 9.33. The minimum Gasteiger partial charge on any atom is -0.473 e. The zero-order chi connectivity index (χ0) is 27.4. The van der Waals surface area contributed by atoms with E-state index < -0.39 is 23.7 Å². The van der Waals surface area contributed by atoms with Crippen LogP contribution in [-0.4, -0.2) is 62.8 Å². The lowest BCUT2D eigenvalue weighted by molar-refractivity contribution is -0.159. The van der Waals surface area contributed by atoms with Crippen LogP contribution in [0.3, 0.4) is 0 Å². The third-order valence-corrected chi connectivity index (χ3v) is 6.69. The number of benzene rings is 2. The van der Waals surface area contributed by atoms with E-state index in [2.05, 4.69) is 28.6 Å². The molecule has 0 amide bonds. The van der Waals surface area contributed by atoms with Crippen molar-refractivity contribution in [3.8, 4) is 11.3 Å². The SMILES string of the molecule is CN1CCC(OC2c3ccccc3CCn3cc(-c4ccc(C(F)(F)F)cc4)nc32)CC1.O=C(O)C(=O)O. The van der Waals surface area contributed by atoms with Crippen LogP contribution in [0.4, 0.5) is 13.2 Å². The van der Waals surface area contributed by atoms with E-state index in [1.165, 1.54) is 17.7 Å². The molecule has 3 aromatic rings. The zero-order valence-electron chi connectivity index (χ0n) is 20.7. The van der Waals surface area contributed by atoms with Gasteiger partial charge in [0.2, 0.25) is 0 Å². The molecular weight excluding hydrogens is 503 g/mol. The number of fused-ring (bicyclic) bond motifs is 2. The van der Waals surface area contributed by atoms with Crippen molar-refractivity contribution in [1.82, 2.24) is 14.5 Å². The van der Waals surface area contributed by atoms with Gasteiger partial charge in [-0.05, 0) is 49.6 Å². The number of hydrogen-bond donors (Lipinski definition) is 2. The summed E-state index contributed by atoms with van der Waals surface area (Å²) in [6.45, 7) is 2.77. The largest absolute Gasteiger partial charge is 0.473 e. The van der Waals surface area contributed by atoms with Crippen LogP contribution in [0.25, 0.3) is 11.3 Å². The van der Waals surface area contributed by atoms with Gasteiger partial charge in [0.1, 0.15) is 11.9 Å². The number of rotatable bonds is 3. The van der Waals surface area contributed by atoms with Crippen LogP contribution in [-0.2, 0) is 33.5 Å². The summed E-state index contributed by atoms with van der Waals surface area (Å²) in [5, 5.41) is 14.8. The average Bonchev–Trinajstić information content (AvgIpc) is 3.25. The summed E-state index contributed by atoms with van der Waals surface area (Å²) in [6, 6.07) is 13.5. The van der Waals surface area contributed by atoms with E-state index in [9.17, 15) is 13.2 Å². The molecule has 1 aromatic heterocycles. The van der Waals surface area contributed by atoms with Gasteiger partial charge in [0, 0.05) is 31.4 Å². The van der Waals surface area contributed by atoms with Crippen molar-refractivity contribution in [2.24, 2.45) is 0 Å². The van der Waals surface area contributed by atoms with Gasteiger partial charge in [0.25, 0.3) is 0 Å². The molecular formula is C27H28F3N3O5. The second kappa shape index (κ2) is 11.4. The van der Waals surface area contributed by atoms with Gasteiger partial charge < -0.3 is 24.4 Å². The Hall–Kier alpha value is -3.70. The summed E-state index contributed by atoms with van der Waals surface area (Å²) < 4.78 is 47.6. The van der Waals surface area contributed by atoms with Crippen LogP contribution in [0.1, 0.15) is 41.5 Å². The maximum Gasteiger partial charge on any atom is 0.416 e. The number of likely N-dealkylation sites (tertiary alicyclic amines) is 1. The van der Waals surface area contributed by atoms with E-state index in [0.717, 1.165) is 62.4 Å². The van der Waals surface area contributed by atoms with Gasteiger partial charge in [0.15, 0.2) is 0 Å². The molecule has 3 heterocycles. The van der Waals surface area contributed by atoms with Crippen molar-refractivity contribution in [3.63, 3.8) is 0 Å². The third-order valence-electron chi connectivity index (χ3n) is 6.69. The van der Waals surface area contributed by atoms with Crippen molar-refractivity contribution in [2.75, 3.05) is 20.1 Å². The van der Waals surface area contributed by atoms with E-state index in [1.807, 2.05) is 18.3 Å². The molecule has 2 N–H and O–H groups in total. The molecule has 1 atom stereocenters. The molecule has 202 valence electrons. The van der Waals surface area contributed by atoms with Gasteiger partial charge in [-0.15, -0.1) is 0 Å². The number of piperidine rings is 1. The number of alkyl halides is 3. The lowest BCUT2D eigenvalue weighted by atomic mass is 10.00. The number of nitrogens with zero attached hydrogens (tertiary/aromatic N) is 3. The van der Waals surface area contributed by atoms with Crippen LogP contribution in [0.2, 0.25) is 0 Å². The molecule has 5 rings (SSSR count). The highest BCUT2D eigenvalue weighted by Crippen LogP contribution is 2.36. The first kappa shape index (κ1) is 27.3. The number of ether oxygens (including phenoxy) is 1. The Balaban J connectivity index is 0.000000505. The fourth-order valence-corrected chi connectivity index (χ4v) is 4.63. The number of carbonyl (C=O) groups is 2. The number of aliphatic carboxylic acids is 2. The first-order valence-electron chi connectivity index (χ1n) is 12.2. The number of hydrogen-bond acceptors (Lipinski definition) is 5. The quantitative estimate of drug-likeness (QED) is 0.480. The summed E-state index contributed by atoms with van der Waals surface area (Å²) >= 11 is 0. The van der Waals surface area contributed by atoms with Crippen LogP contribution < -0.4 is 0 Å². The molecule has 0 saturated carbocycles. The predicted molar refractivity (Wildman–Crippen MR) is 132 cm³/mol. The number of imidazole rings is 1. The number of aryl methyl sites for hydroxylation is 2. The minimum absolute atomic E-state index is 0.155. The van der Waals surface area contributed by atoms with E-state index in [4.69, 9.17) is 29.5 Å². The number of carboxylic acids is 2. The number of carboxylic acid groups (broad SMARTS) is 2. The lowest BCUT2D eigenvalue weighted by Crippen LogP contribution is -2.35. The van der Waals surface area contributed by atoms with E-state index >= 15 is 0 Å². The molecule has 0 aliphatic carbocycles. The highest BCUT2D eigenvalue weighted by atomic mass is 19.4. The second-order valence-electron chi connectivity index (χ2n) is 9.33. The van der Waals surface area contributed by atoms with Crippen LogP contribution >= 0.6 is 0 Å². The molecule has 1 saturated heterocycles. The fraction of sp³-hybridized carbons (Fsp3) is 0.370. The molecule has 2 aromatic carbocycles. The van der Waals surface area contributed by atoms with E-state index in [1.54, 1.807) is 0 Å². The third kappa shape index (κ3) is 6.40. The molecule has 0 spiro atoms. The molecule has 1 fully saturated rings. The Morgan fingerprint density at radius 2 is 1.61 bits per heavy atom. The molecule has 2 aliphatic rings. The minimum atomic E-state index is -4.35. The van der Waals surface area contributed by atoms with E-state index in [-0.39, 0.29) is 12.2 Å². The topological polar surface area (TPSA) is 105 Å². The van der Waals surface area contributed by atoms with Gasteiger partial charge >= 0.3 is 18.1 Å². The van der Waals surface area contributed by atoms with Crippen molar-refractivity contribution in [3.05, 3.63) is 77.2 Å². The summed E-state index contributed by atoms with van der Waals surface area (Å²) in [7, 11) is 2.13. The molecule has 38 heavy (non-hydrogen) atoms. The van der Waals surface area contributed by atoms with E-state index in [0.29, 0.717) is 11.3 Å². The molecule has 0 bridgehead atoms. The van der Waals surface area contributed by atoms with Crippen LogP contribution in [0.5, 0.6) is 0 Å². The fourth-order valence-electron chi connectivity index (χ4n) is 4.63. The van der Waals surface area contributed by atoms with Gasteiger partial charge in [-0.3, -0.25) is 0 Å². The lowest BCUT2D eigenvalue weighted by Gasteiger charge is -2.32. The first-order valence-corrected chi connectivity index (χ1v) is 12.2. The van der Waals surface area contributed by atoms with Gasteiger partial charge in [-0.1, -0.05) is 36.4 Å². The zero-order valence-corrected chi connectivity index (χ0v) is 20.7. The predicted octanol–water partition coefficient (Wildman–Crippen LogP) is 4.48. The van der Waals surface area contributed by atoms with Gasteiger partial charge in [-0.25, -0.2) is 14.6 Å². The molecule has 11 heteroatoms. The van der Waals surface area contributed by atoms with Crippen molar-refractivity contribution >= 4 is 11.9 Å². The normalized spacial score (nSPS) is 17.9. The van der Waals surface area contributed by atoms with Crippen molar-refractivity contribution < 1.29 is 37.7 Å². The summed E-state index contributed by atoms with van der Waals surface area (Å²) in [6.07, 6.45) is 0.269. The Morgan fingerprint density at radius 1 is 0.974 bits per heavy atom. The highest BCUT2D eigenvalue weighted by Gasteiger charge is 2.32. The van der Waals surface area contributed by atoms with Crippen LogP contribution in [0, 0.1) is 0 Å². The molecule has 1 unspecified atom stereocenters. The summed E-state index contributed by atoms with van der Waals surface area (Å²) in [5.74, 6) is -2.83. The number of halogens is 3. The standard InChI is InChI=1S/C25H26F3N3O.C2H2O4/c1-30-13-11-20(12-14-30)32-23-21-5-3-2-4-17(21)10-15-31-16-22(29-24(23)31)18-6-8-19(9-7-18)25(26,27)28;3-1(4)2(5)6/h2-9,16,20,23H,10-15H2,1H3;(H,3,4)(H,5,6). The highest BCUT2D eigenvalue weighted by molar-refractivity contribution is 6.27. The van der Waals surface area contributed by atoms with Crippen molar-refractivity contribution in [1.29, 1.82) is 0 Å². The molecule has 2 aliphatic heterocycles. The number of aromatic nitrogens is 2. The smallest absolute Gasteiger partial charge is 0.416 e. The van der Waals surface area contributed by atoms with Gasteiger partial charge in [-0.2, -0.15) is 13.2 Å². The average molecular weight is 532 g/mol. The Bertz CT molecular complexity index is 1270. The maximum atomic E-state index is 13.0. The van der Waals surface area contributed by atoms with Crippen LogP contribution in [0.15, 0.2) is 54.7 Å². The summed E-state index contributed by atoms with van der Waals surface area (Å²) in [5.41, 5.74) is 3.08. The summed E-state index contributed by atoms with van der Waals surface area (Å²) in [4.78, 5) is 25.4. The Morgan fingerprint density at radius 3 is 2.21 bits per heavy atom. The van der Waals surface area contributed by atoms with Gasteiger partial charge in [0.05, 0.1) is 17.4 Å². The Kier molecular flexibility index (Phi) is 8.17. The molecule has 0 radical (unpaired) electrons. The first-order chi connectivity index (χ1) is 18.0. The monoisotopic (exact) mass is 531 g/mol. The van der Waals surface area contributed by atoms with Crippen molar-refractivity contribution in [2.45, 2.75) is 44.2 Å². The Labute approximate surface area is 217 Å². The maximum absolute atomic E-state index is 13.0. The molecule has 8 nitrogen and oxygen atoms in total.